The Balaban J connectivity index is 2.16. The number of benzene rings is 1. The molecule has 0 radical (unpaired) electrons. The summed E-state index contributed by atoms with van der Waals surface area (Å²) < 4.78 is 5.59. The van der Waals surface area contributed by atoms with E-state index in [2.05, 4.69) is 10.3 Å². The number of carbonyl (C=O) groups is 1. The number of carbonyl (C=O) groups excluding carboxylic acids is 1. The van der Waals surface area contributed by atoms with Gasteiger partial charge in [0.1, 0.15) is 6.10 Å². The third-order valence-electron chi connectivity index (χ3n) is 3.53. The highest BCUT2D eigenvalue weighted by Gasteiger charge is 2.20. The van der Waals surface area contributed by atoms with Gasteiger partial charge in [-0.3, -0.25) is 5.32 Å². The van der Waals surface area contributed by atoms with Crippen LogP contribution in [0.25, 0.3) is 0 Å². The van der Waals surface area contributed by atoms with Crippen molar-refractivity contribution in [1.29, 1.82) is 5.26 Å². The lowest BCUT2D eigenvalue weighted by molar-refractivity contribution is 0.0212. The maximum Gasteiger partial charge on any atom is 0.340 e. The molecule has 1 aromatic carbocycles. The highest BCUT2D eigenvalue weighted by molar-refractivity contribution is 8.13. The Bertz CT molecular complexity index is 589. The van der Waals surface area contributed by atoms with Crippen LogP contribution in [0.15, 0.2) is 29.3 Å². The summed E-state index contributed by atoms with van der Waals surface area (Å²) in [4.78, 5) is 16.7. The summed E-state index contributed by atoms with van der Waals surface area (Å²) in [5, 5.41) is 11.6. The summed E-state index contributed by atoms with van der Waals surface area (Å²) in [6, 6.07) is 7.04. The molecule has 0 aliphatic heterocycles. The summed E-state index contributed by atoms with van der Waals surface area (Å²) >= 11 is 1.31. The molecule has 116 valence electrons. The van der Waals surface area contributed by atoms with Gasteiger partial charge in [0.05, 0.1) is 11.3 Å². The molecular formula is C16H19N3O2S. The van der Waals surface area contributed by atoms with Crippen molar-refractivity contribution in [2.75, 3.05) is 6.26 Å². The number of nitrogens with zero attached hydrogens (tertiary/aromatic N) is 2. The quantitative estimate of drug-likeness (QED) is 0.303. The molecule has 0 heterocycles. The topological polar surface area (TPSA) is 74.5 Å². The number of amidine groups is 1. The van der Waals surface area contributed by atoms with Crippen molar-refractivity contribution in [3.8, 4) is 6.19 Å². The number of thioether (sulfide) groups is 1. The molecular weight excluding hydrogens is 298 g/mol. The molecule has 0 atom stereocenters. The van der Waals surface area contributed by atoms with E-state index >= 15 is 0 Å². The Kier molecular flexibility index (Phi) is 6.28. The van der Waals surface area contributed by atoms with Gasteiger partial charge in [-0.15, -0.1) is 0 Å². The van der Waals surface area contributed by atoms with Crippen molar-refractivity contribution < 1.29 is 9.53 Å². The minimum atomic E-state index is -0.344. The Labute approximate surface area is 134 Å². The first-order valence-electron chi connectivity index (χ1n) is 7.32. The molecule has 1 aliphatic rings. The van der Waals surface area contributed by atoms with Crippen molar-refractivity contribution in [1.82, 2.24) is 5.32 Å². The van der Waals surface area contributed by atoms with Gasteiger partial charge in [-0.2, -0.15) is 5.26 Å². The van der Waals surface area contributed by atoms with Crippen molar-refractivity contribution in [2.24, 2.45) is 4.99 Å². The number of nitriles is 1. The number of nitrogens with one attached hydrogen (secondary N) is 1. The summed E-state index contributed by atoms with van der Waals surface area (Å²) in [6.45, 7) is 0. The average molecular weight is 317 g/mol. The molecule has 1 saturated carbocycles. The molecule has 22 heavy (non-hydrogen) atoms. The highest BCUT2D eigenvalue weighted by Crippen LogP contribution is 2.25. The van der Waals surface area contributed by atoms with Crippen molar-refractivity contribution in [3.63, 3.8) is 0 Å². The lowest BCUT2D eigenvalue weighted by Crippen LogP contribution is -2.21. The molecule has 0 saturated heterocycles. The van der Waals surface area contributed by atoms with Gasteiger partial charge in [-0.05, 0) is 44.1 Å². The maximum atomic E-state index is 12.4. The van der Waals surface area contributed by atoms with E-state index in [1.807, 2.05) is 12.4 Å². The normalized spacial score (nSPS) is 15.9. The molecule has 0 amide bonds. The number of hydrogen-bond donors (Lipinski definition) is 1. The first kappa shape index (κ1) is 16.4. The summed E-state index contributed by atoms with van der Waals surface area (Å²) in [7, 11) is 0. The molecule has 1 fully saturated rings. The van der Waals surface area contributed by atoms with Gasteiger partial charge in [-0.25, -0.2) is 9.79 Å². The average Bonchev–Trinajstić information content (AvgIpc) is 2.55. The van der Waals surface area contributed by atoms with Crippen LogP contribution in [0.1, 0.15) is 42.5 Å². The number of para-hydroxylation sites is 1. The molecule has 2 rings (SSSR count). The van der Waals surface area contributed by atoms with Crippen LogP contribution in [-0.4, -0.2) is 23.5 Å². The Morgan fingerprint density at radius 2 is 2.09 bits per heavy atom. The zero-order valence-corrected chi connectivity index (χ0v) is 13.4. The SMILES string of the molecule is CSC(=Nc1ccccc1C(=O)OC1CCCCC1)NC#N. The fraction of sp³-hybridized carbons (Fsp3) is 0.438. The largest absolute Gasteiger partial charge is 0.459 e. The lowest BCUT2D eigenvalue weighted by atomic mass is 9.98. The van der Waals surface area contributed by atoms with Gasteiger partial charge in [0.15, 0.2) is 11.4 Å². The predicted octanol–water partition coefficient (Wildman–Crippen LogP) is 3.60. The number of rotatable bonds is 3. The van der Waals surface area contributed by atoms with E-state index in [0.717, 1.165) is 25.7 Å². The number of esters is 1. The highest BCUT2D eigenvalue weighted by atomic mass is 32.2. The molecule has 1 aromatic rings. The van der Waals surface area contributed by atoms with Crippen LogP contribution in [0.2, 0.25) is 0 Å². The first-order valence-corrected chi connectivity index (χ1v) is 8.55. The minimum Gasteiger partial charge on any atom is -0.459 e. The van der Waals surface area contributed by atoms with Crippen LogP contribution in [0.4, 0.5) is 5.69 Å². The van der Waals surface area contributed by atoms with E-state index < -0.39 is 0 Å². The fourth-order valence-corrected chi connectivity index (χ4v) is 2.76. The van der Waals surface area contributed by atoms with Gasteiger partial charge in [-0.1, -0.05) is 30.3 Å². The smallest absolute Gasteiger partial charge is 0.340 e. The second-order valence-electron chi connectivity index (χ2n) is 5.04. The van der Waals surface area contributed by atoms with Crippen molar-refractivity contribution in [3.05, 3.63) is 29.8 Å². The molecule has 0 aromatic heterocycles. The van der Waals surface area contributed by atoms with E-state index in [9.17, 15) is 4.79 Å². The lowest BCUT2D eigenvalue weighted by Gasteiger charge is -2.22. The summed E-state index contributed by atoms with van der Waals surface area (Å²) in [5.41, 5.74) is 0.940. The van der Waals surface area contributed by atoms with Gasteiger partial charge >= 0.3 is 5.97 Å². The van der Waals surface area contributed by atoms with Crippen LogP contribution >= 0.6 is 11.8 Å². The van der Waals surface area contributed by atoms with Gasteiger partial charge < -0.3 is 4.74 Å². The molecule has 5 nitrogen and oxygen atoms in total. The first-order chi connectivity index (χ1) is 10.7. The monoisotopic (exact) mass is 317 g/mol. The third kappa shape index (κ3) is 4.50. The molecule has 0 unspecified atom stereocenters. The van der Waals surface area contributed by atoms with Gasteiger partial charge in [0.2, 0.25) is 0 Å². The van der Waals surface area contributed by atoms with E-state index in [1.165, 1.54) is 18.2 Å². The Hall–Kier alpha value is -2.00. The maximum absolute atomic E-state index is 12.4. The minimum absolute atomic E-state index is 0.00976. The number of aliphatic imine (C=N–C) groups is 1. The van der Waals surface area contributed by atoms with E-state index in [4.69, 9.17) is 10.00 Å². The standard InChI is InChI=1S/C16H19N3O2S/c1-22-16(18-11-17)19-14-10-6-5-9-13(14)15(20)21-12-7-3-2-4-8-12/h5-6,9-10,12H,2-4,7-8H2,1H3,(H,18,19). The predicted molar refractivity (Wildman–Crippen MR) is 88.1 cm³/mol. The fourth-order valence-electron chi connectivity index (χ4n) is 2.42. The summed E-state index contributed by atoms with van der Waals surface area (Å²) in [6.07, 6.45) is 8.96. The Morgan fingerprint density at radius 3 is 2.77 bits per heavy atom. The van der Waals surface area contributed by atoms with Gasteiger partial charge in [0.25, 0.3) is 0 Å². The van der Waals surface area contributed by atoms with Crippen LogP contribution in [0, 0.1) is 11.5 Å². The second-order valence-corrected chi connectivity index (χ2v) is 5.84. The van der Waals surface area contributed by atoms with Crippen LogP contribution in [0.3, 0.4) is 0 Å². The number of ether oxygens (including phenoxy) is 1. The van der Waals surface area contributed by atoms with Crippen LogP contribution in [0.5, 0.6) is 0 Å². The van der Waals surface area contributed by atoms with Crippen LogP contribution < -0.4 is 5.32 Å². The van der Waals surface area contributed by atoms with Crippen molar-refractivity contribution in [2.45, 2.75) is 38.2 Å². The van der Waals surface area contributed by atoms with Gasteiger partial charge in [0, 0.05) is 0 Å². The molecule has 1 N–H and O–H groups in total. The molecule has 0 bridgehead atoms. The molecule has 0 spiro atoms. The summed E-state index contributed by atoms with van der Waals surface area (Å²) in [5.74, 6) is -0.344. The van der Waals surface area contributed by atoms with E-state index in [-0.39, 0.29) is 12.1 Å². The second kappa shape index (κ2) is 8.44. The van der Waals surface area contributed by atoms with Crippen molar-refractivity contribution >= 4 is 28.6 Å². The Morgan fingerprint density at radius 1 is 1.36 bits per heavy atom. The molecule has 6 heteroatoms. The zero-order chi connectivity index (χ0) is 15.8. The van der Waals surface area contributed by atoms with Crippen LogP contribution in [-0.2, 0) is 4.74 Å². The van der Waals surface area contributed by atoms with E-state index in [0.29, 0.717) is 16.4 Å². The zero-order valence-electron chi connectivity index (χ0n) is 12.5. The number of hydrogen-bond acceptors (Lipinski definition) is 5. The third-order valence-corrected chi connectivity index (χ3v) is 4.11. The molecule has 1 aliphatic carbocycles. The van der Waals surface area contributed by atoms with E-state index in [1.54, 1.807) is 24.3 Å².